The van der Waals surface area contributed by atoms with Crippen LogP contribution in [-0.2, 0) is 9.59 Å². The summed E-state index contributed by atoms with van der Waals surface area (Å²) in [5.41, 5.74) is 5.20. The number of carbonyl (C=O) groups is 2. The van der Waals surface area contributed by atoms with Gasteiger partial charge in [0.2, 0.25) is 11.8 Å². The second-order valence-electron chi connectivity index (χ2n) is 5.07. The average Bonchev–Trinajstić information content (AvgIpc) is 2.76. The van der Waals surface area contributed by atoms with Crippen LogP contribution in [0, 0.1) is 0 Å². The molecule has 0 saturated carbocycles. The highest BCUT2D eigenvalue weighted by atomic mass is 16.2. The Bertz CT molecular complexity index is 315. The summed E-state index contributed by atoms with van der Waals surface area (Å²) in [6.07, 6.45) is 2.93. The molecule has 6 nitrogen and oxygen atoms in total. The van der Waals surface area contributed by atoms with E-state index in [9.17, 15) is 9.59 Å². The molecular formula is C12H22N4O2. The van der Waals surface area contributed by atoms with Crippen molar-refractivity contribution in [3.63, 3.8) is 0 Å². The van der Waals surface area contributed by atoms with Crippen LogP contribution in [-0.4, -0.2) is 66.9 Å². The largest absolute Gasteiger partial charge is 0.369 e. The lowest BCUT2D eigenvalue weighted by atomic mass is 10.2. The maximum atomic E-state index is 12.2. The molecule has 3 N–H and O–H groups in total. The fourth-order valence-corrected chi connectivity index (χ4v) is 2.69. The van der Waals surface area contributed by atoms with Crippen LogP contribution >= 0.6 is 0 Å². The van der Waals surface area contributed by atoms with Crippen LogP contribution < -0.4 is 11.1 Å². The molecule has 18 heavy (non-hydrogen) atoms. The second-order valence-corrected chi connectivity index (χ2v) is 5.07. The number of hydrogen-bond acceptors (Lipinski definition) is 4. The Morgan fingerprint density at radius 2 is 2.00 bits per heavy atom. The monoisotopic (exact) mass is 254 g/mol. The molecule has 2 rings (SSSR count). The number of amides is 2. The van der Waals surface area contributed by atoms with E-state index in [0.717, 1.165) is 45.4 Å². The molecule has 0 unspecified atom stereocenters. The van der Waals surface area contributed by atoms with Gasteiger partial charge >= 0.3 is 0 Å². The lowest BCUT2D eigenvalue weighted by Gasteiger charge is -2.24. The van der Waals surface area contributed by atoms with Gasteiger partial charge in [-0.1, -0.05) is 0 Å². The van der Waals surface area contributed by atoms with Crippen molar-refractivity contribution in [1.29, 1.82) is 0 Å². The zero-order chi connectivity index (χ0) is 13.0. The number of rotatable bonds is 3. The van der Waals surface area contributed by atoms with E-state index in [0.29, 0.717) is 13.1 Å². The molecule has 2 amide bonds. The number of carbonyl (C=O) groups excluding carboxylic acids is 2. The van der Waals surface area contributed by atoms with Gasteiger partial charge in [0, 0.05) is 26.2 Å². The van der Waals surface area contributed by atoms with Crippen molar-refractivity contribution in [2.24, 2.45) is 5.73 Å². The van der Waals surface area contributed by atoms with Crippen LogP contribution in [0.3, 0.4) is 0 Å². The molecule has 2 aliphatic heterocycles. The van der Waals surface area contributed by atoms with Crippen molar-refractivity contribution in [3.05, 3.63) is 0 Å². The molecule has 2 aliphatic rings. The van der Waals surface area contributed by atoms with Gasteiger partial charge in [0.15, 0.2) is 0 Å². The first-order valence-corrected chi connectivity index (χ1v) is 6.69. The van der Waals surface area contributed by atoms with Crippen LogP contribution in [0.1, 0.15) is 19.3 Å². The van der Waals surface area contributed by atoms with Gasteiger partial charge in [-0.2, -0.15) is 0 Å². The molecule has 0 spiro atoms. The quantitative estimate of drug-likeness (QED) is 0.660. The Kier molecular flexibility index (Phi) is 4.54. The van der Waals surface area contributed by atoms with Gasteiger partial charge in [-0.15, -0.1) is 0 Å². The van der Waals surface area contributed by atoms with E-state index in [4.69, 9.17) is 5.73 Å². The van der Waals surface area contributed by atoms with Crippen LogP contribution in [0.5, 0.6) is 0 Å². The van der Waals surface area contributed by atoms with E-state index in [1.807, 2.05) is 9.80 Å². The summed E-state index contributed by atoms with van der Waals surface area (Å²) in [5, 5.41) is 3.24. The summed E-state index contributed by atoms with van der Waals surface area (Å²) in [6.45, 7) is 4.30. The van der Waals surface area contributed by atoms with E-state index >= 15 is 0 Å². The maximum Gasteiger partial charge on any atom is 0.239 e. The second kappa shape index (κ2) is 6.15. The molecule has 0 bridgehead atoms. The average molecular weight is 254 g/mol. The minimum Gasteiger partial charge on any atom is -0.369 e. The summed E-state index contributed by atoms with van der Waals surface area (Å²) in [6, 6.07) is 0.00712. The smallest absolute Gasteiger partial charge is 0.239 e. The summed E-state index contributed by atoms with van der Waals surface area (Å²) in [4.78, 5) is 27.1. The lowest BCUT2D eigenvalue weighted by molar-refractivity contribution is -0.132. The van der Waals surface area contributed by atoms with E-state index < -0.39 is 0 Å². The molecule has 2 fully saturated rings. The standard InChI is InChI=1S/C12H22N4O2/c13-11(17)9-15-5-2-6-16(8-7-15)12(18)10-3-1-4-14-10/h10,14H,1-9H2,(H2,13,17)/t10-/m1/s1. The van der Waals surface area contributed by atoms with Crippen molar-refractivity contribution in [2.75, 3.05) is 39.3 Å². The lowest BCUT2D eigenvalue weighted by Crippen LogP contribution is -2.45. The Morgan fingerprint density at radius 3 is 2.67 bits per heavy atom. The number of nitrogens with zero attached hydrogens (tertiary/aromatic N) is 2. The van der Waals surface area contributed by atoms with Crippen LogP contribution in [0.15, 0.2) is 0 Å². The minimum atomic E-state index is -0.299. The summed E-state index contributed by atoms with van der Waals surface area (Å²) < 4.78 is 0. The Morgan fingerprint density at radius 1 is 1.17 bits per heavy atom. The van der Waals surface area contributed by atoms with Crippen molar-refractivity contribution >= 4 is 11.8 Å². The van der Waals surface area contributed by atoms with Gasteiger partial charge in [-0.3, -0.25) is 14.5 Å². The third-order valence-electron chi connectivity index (χ3n) is 3.64. The van der Waals surface area contributed by atoms with Crippen LogP contribution in [0.2, 0.25) is 0 Å². The predicted octanol–water partition coefficient (Wildman–Crippen LogP) is -1.24. The number of nitrogens with two attached hydrogens (primary N) is 1. The van der Waals surface area contributed by atoms with Crippen molar-refractivity contribution in [3.8, 4) is 0 Å². The van der Waals surface area contributed by atoms with Gasteiger partial charge in [0.05, 0.1) is 12.6 Å². The van der Waals surface area contributed by atoms with Crippen molar-refractivity contribution in [2.45, 2.75) is 25.3 Å². The van der Waals surface area contributed by atoms with E-state index in [1.54, 1.807) is 0 Å². The summed E-state index contributed by atoms with van der Waals surface area (Å²) in [5.74, 6) is -0.0827. The summed E-state index contributed by atoms with van der Waals surface area (Å²) in [7, 11) is 0. The Hall–Kier alpha value is -1.14. The fourth-order valence-electron chi connectivity index (χ4n) is 2.69. The fraction of sp³-hybridized carbons (Fsp3) is 0.833. The first kappa shape index (κ1) is 13.3. The molecular weight excluding hydrogens is 232 g/mol. The molecule has 102 valence electrons. The first-order chi connectivity index (χ1) is 8.66. The van der Waals surface area contributed by atoms with E-state index in [1.165, 1.54) is 0 Å². The maximum absolute atomic E-state index is 12.2. The van der Waals surface area contributed by atoms with Gasteiger partial charge in [0.25, 0.3) is 0 Å². The van der Waals surface area contributed by atoms with Crippen molar-refractivity contribution < 1.29 is 9.59 Å². The Balaban J connectivity index is 1.84. The third-order valence-corrected chi connectivity index (χ3v) is 3.64. The van der Waals surface area contributed by atoms with Gasteiger partial charge in [-0.05, 0) is 25.8 Å². The minimum absolute atomic E-state index is 0.00712. The SMILES string of the molecule is NC(=O)CN1CCCN(C(=O)[C@H]2CCCN2)CC1. The number of nitrogens with one attached hydrogen (secondary N) is 1. The van der Waals surface area contributed by atoms with Gasteiger partial charge in [0.1, 0.15) is 0 Å². The zero-order valence-electron chi connectivity index (χ0n) is 10.7. The molecule has 0 aromatic heterocycles. The molecule has 0 aromatic carbocycles. The predicted molar refractivity (Wildman–Crippen MR) is 67.9 cm³/mol. The van der Waals surface area contributed by atoms with Gasteiger partial charge in [-0.25, -0.2) is 0 Å². The molecule has 0 radical (unpaired) electrons. The Labute approximate surface area is 107 Å². The topological polar surface area (TPSA) is 78.7 Å². The highest BCUT2D eigenvalue weighted by molar-refractivity contribution is 5.82. The highest BCUT2D eigenvalue weighted by Gasteiger charge is 2.28. The van der Waals surface area contributed by atoms with E-state index in [-0.39, 0.29) is 17.9 Å². The summed E-state index contributed by atoms with van der Waals surface area (Å²) >= 11 is 0. The van der Waals surface area contributed by atoms with Crippen LogP contribution in [0.25, 0.3) is 0 Å². The van der Waals surface area contributed by atoms with Gasteiger partial charge < -0.3 is 16.0 Å². The first-order valence-electron chi connectivity index (χ1n) is 6.69. The molecule has 0 aliphatic carbocycles. The van der Waals surface area contributed by atoms with Crippen LogP contribution in [0.4, 0.5) is 0 Å². The molecule has 2 saturated heterocycles. The molecule has 2 heterocycles. The highest BCUT2D eigenvalue weighted by Crippen LogP contribution is 2.11. The molecule has 1 atom stereocenters. The number of hydrogen-bond donors (Lipinski definition) is 2. The molecule has 6 heteroatoms. The normalized spacial score (nSPS) is 26.0. The van der Waals surface area contributed by atoms with Crippen molar-refractivity contribution in [1.82, 2.24) is 15.1 Å². The number of primary amides is 1. The molecule has 0 aromatic rings. The third kappa shape index (κ3) is 3.43. The van der Waals surface area contributed by atoms with E-state index in [2.05, 4.69) is 5.32 Å². The zero-order valence-corrected chi connectivity index (χ0v) is 10.7.